The number of nitrogens with one attached hydrogen (secondary N) is 2. The van der Waals surface area contributed by atoms with E-state index in [-0.39, 0.29) is 18.1 Å². The van der Waals surface area contributed by atoms with Gasteiger partial charge in [0.1, 0.15) is 0 Å². The average Bonchev–Trinajstić information content (AvgIpc) is 2.40. The van der Waals surface area contributed by atoms with Gasteiger partial charge in [0.05, 0.1) is 12.0 Å². The number of aliphatic carboxylic acids is 1. The topological polar surface area (TPSA) is 87.7 Å². The molecule has 0 spiro atoms. The Bertz CT molecular complexity index is 503. The van der Waals surface area contributed by atoms with Gasteiger partial charge in [-0.15, -0.1) is 0 Å². The molecule has 2 rings (SSSR count). The molecule has 1 saturated carbocycles. The molecule has 114 valence electrons. The first-order chi connectivity index (χ1) is 10.0. The molecule has 0 bridgehead atoms. The van der Waals surface area contributed by atoms with Crippen LogP contribution in [0, 0.1) is 0 Å². The predicted molar refractivity (Wildman–Crippen MR) is 78.4 cm³/mol. The smallest absolute Gasteiger partial charge is 0.319 e. The van der Waals surface area contributed by atoms with Crippen molar-refractivity contribution in [2.45, 2.75) is 31.3 Å². The minimum atomic E-state index is -0.876. The van der Waals surface area contributed by atoms with E-state index in [1.807, 2.05) is 0 Å². The van der Waals surface area contributed by atoms with Crippen molar-refractivity contribution in [1.82, 2.24) is 5.32 Å². The summed E-state index contributed by atoms with van der Waals surface area (Å²) in [7, 11) is 1.67. The van der Waals surface area contributed by atoms with Gasteiger partial charge in [0.15, 0.2) is 0 Å². The molecular weight excluding hydrogens is 272 g/mol. The van der Waals surface area contributed by atoms with Gasteiger partial charge in [-0.1, -0.05) is 12.1 Å². The van der Waals surface area contributed by atoms with Gasteiger partial charge < -0.3 is 20.5 Å². The van der Waals surface area contributed by atoms with Crippen LogP contribution in [0.2, 0.25) is 0 Å². The fraction of sp³-hybridized carbons (Fsp3) is 0.467. The molecule has 3 N–H and O–H groups in total. The number of methoxy groups -OCH3 is 1. The quantitative estimate of drug-likeness (QED) is 0.748. The normalized spacial score (nSPS) is 15.9. The highest BCUT2D eigenvalue weighted by Gasteiger charge is 2.37. The Labute approximate surface area is 123 Å². The number of carboxylic acids is 1. The summed E-state index contributed by atoms with van der Waals surface area (Å²) in [6.45, 7) is 0.492. The second-order valence-electron chi connectivity index (χ2n) is 5.32. The number of amides is 2. The largest absolute Gasteiger partial charge is 0.481 e. The summed E-state index contributed by atoms with van der Waals surface area (Å²) < 4.78 is 5.43. The zero-order chi connectivity index (χ0) is 15.3. The van der Waals surface area contributed by atoms with Crippen LogP contribution in [0.25, 0.3) is 0 Å². The number of urea groups is 1. The third-order valence-corrected chi connectivity index (χ3v) is 3.84. The van der Waals surface area contributed by atoms with Crippen molar-refractivity contribution in [1.29, 1.82) is 0 Å². The van der Waals surface area contributed by atoms with E-state index in [1.54, 1.807) is 31.4 Å². The van der Waals surface area contributed by atoms with Gasteiger partial charge in [-0.2, -0.15) is 0 Å². The molecule has 6 heteroatoms. The second kappa shape index (κ2) is 6.58. The highest BCUT2D eigenvalue weighted by molar-refractivity contribution is 5.89. The second-order valence-corrected chi connectivity index (χ2v) is 5.32. The zero-order valence-electron chi connectivity index (χ0n) is 12.0. The fourth-order valence-corrected chi connectivity index (χ4v) is 2.32. The number of rotatable bonds is 6. The number of hydrogen-bond acceptors (Lipinski definition) is 3. The van der Waals surface area contributed by atoms with Crippen LogP contribution in [-0.2, 0) is 16.0 Å². The molecule has 1 aliphatic rings. The van der Waals surface area contributed by atoms with Crippen LogP contribution in [-0.4, -0.2) is 36.4 Å². The summed E-state index contributed by atoms with van der Waals surface area (Å²) in [5.74, 6) is -0.876. The van der Waals surface area contributed by atoms with Gasteiger partial charge in [-0.3, -0.25) is 4.79 Å². The first kappa shape index (κ1) is 15.3. The van der Waals surface area contributed by atoms with E-state index in [4.69, 9.17) is 9.84 Å². The van der Waals surface area contributed by atoms with Crippen molar-refractivity contribution < 1.29 is 19.4 Å². The van der Waals surface area contributed by atoms with Crippen molar-refractivity contribution >= 4 is 17.7 Å². The molecule has 0 radical (unpaired) electrons. The van der Waals surface area contributed by atoms with Gasteiger partial charge in [0.25, 0.3) is 0 Å². The van der Waals surface area contributed by atoms with Crippen LogP contribution in [0.1, 0.15) is 24.8 Å². The van der Waals surface area contributed by atoms with Crippen molar-refractivity contribution in [3.05, 3.63) is 29.8 Å². The molecule has 1 fully saturated rings. The molecule has 0 aromatic heterocycles. The Kier molecular flexibility index (Phi) is 4.80. The van der Waals surface area contributed by atoms with Crippen LogP contribution in [0.3, 0.4) is 0 Å². The molecular formula is C15H20N2O4. The minimum Gasteiger partial charge on any atom is -0.481 e. The highest BCUT2D eigenvalue weighted by Crippen LogP contribution is 2.34. The Balaban J connectivity index is 1.81. The lowest BCUT2D eigenvalue weighted by Crippen LogP contribution is -2.50. The van der Waals surface area contributed by atoms with Gasteiger partial charge in [-0.05, 0) is 37.0 Å². The van der Waals surface area contributed by atoms with Crippen LogP contribution < -0.4 is 10.6 Å². The number of benzene rings is 1. The molecule has 1 aliphatic carbocycles. The van der Waals surface area contributed by atoms with Crippen molar-refractivity contribution in [2.24, 2.45) is 0 Å². The maximum absolute atomic E-state index is 11.8. The maximum atomic E-state index is 11.8. The number of carbonyl (C=O) groups excluding carboxylic acids is 1. The predicted octanol–water partition coefficient (Wildman–Crippen LogP) is 2.00. The van der Waals surface area contributed by atoms with Gasteiger partial charge in [0.2, 0.25) is 0 Å². The lowest BCUT2D eigenvalue weighted by molar-refractivity contribution is -0.136. The molecule has 2 amide bonds. The van der Waals surface area contributed by atoms with Crippen LogP contribution in [0.5, 0.6) is 0 Å². The van der Waals surface area contributed by atoms with Crippen LogP contribution in [0.4, 0.5) is 10.5 Å². The van der Waals surface area contributed by atoms with Crippen molar-refractivity contribution in [3.8, 4) is 0 Å². The number of anilines is 1. The molecule has 0 saturated heterocycles. The van der Waals surface area contributed by atoms with Crippen LogP contribution in [0.15, 0.2) is 24.3 Å². The minimum absolute atomic E-state index is 0.0250. The van der Waals surface area contributed by atoms with E-state index in [9.17, 15) is 9.59 Å². The Morgan fingerprint density at radius 2 is 1.95 bits per heavy atom. The molecule has 0 aliphatic heterocycles. The maximum Gasteiger partial charge on any atom is 0.319 e. The third kappa shape index (κ3) is 4.19. The highest BCUT2D eigenvalue weighted by atomic mass is 16.5. The monoisotopic (exact) mass is 292 g/mol. The summed E-state index contributed by atoms with van der Waals surface area (Å²) in [6.07, 6.45) is 3.03. The van der Waals surface area contributed by atoms with Crippen LogP contribution >= 0.6 is 0 Å². The summed E-state index contributed by atoms with van der Waals surface area (Å²) in [4.78, 5) is 22.4. The van der Waals surface area contributed by atoms with E-state index in [0.717, 1.165) is 19.3 Å². The summed E-state index contributed by atoms with van der Waals surface area (Å²) in [6, 6.07) is 6.46. The van der Waals surface area contributed by atoms with Gasteiger partial charge in [-0.25, -0.2) is 4.79 Å². The molecule has 0 unspecified atom stereocenters. The Hall–Kier alpha value is -2.08. The lowest BCUT2D eigenvalue weighted by atomic mass is 9.80. The first-order valence-corrected chi connectivity index (χ1v) is 6.94. The molecule has 1 aromatic carbocycles. The fourth-order valence-electron chi connectivity index (χ4n) is 2.32. The van der Waals surface area contributed by atoms with Gasteiger partial charge in [0, 0.05) is 19.3 Å². The molecule has 1 aromatic rings. The first-order valence-electron chi connectivity index (χ1n) is 6.94. The van der Waals surface area contributed by atoms with E-state index in [1.165, 1.54) is 0 Å². The van der Waals surface area contributed by atoms with E-state index < -0.39 is 5.97 Å². The SMILES string of the molecule is COC1(CNC(=O)Nc2ccc(CC(=O)O)cc2)CCC1. The zero-order valence-corrected chi connectivity index (χ0v) is 12.0. The Morgan fingerprint density at radius 3 is 2.43 bits per heavy atom. The molecule has 0 atom stereocenters. The van der Waals surface area contributed by atoms with Crippen molar-refractivity contribution in [3.63, 3.8) is 0 Å². The molecule has 21 heavy (non-hydrogen) atoms. The third-order valence-electron chi connectivity index (χ3n) is 3.84. The standard InChI is InChI=1S/C15H20N2O4/c1-21-15(7-2-8-15)10-16-14(20)17-12-5-3-11(4-6-12)9-13(18)19/h3-6H,2,7-10H2,1H3,(H,18,19)(H2,16,17,20). The van der Waals surface area contributed by atoms with Gasteiger partial charge >= 0.3 is 12.0 Å². The number of ether oxygens (including phenoxy) is 1. The van der Waals surface area contributed by atoms with E-state index in [2.05, 4.69) is 10.6 Å². The average molecular weight is 292 g/mol. The molecule has 6 nitrogen and oxygen atoms in total. The summed E-state index contributed by atoms with van der Waals surface area (Å²) in [5.41, 5.74) is 1.12. The molecule has 0 heterocycles. The number of carbonyl (C=O) groups is 2. The number of hydrogen-bond donors (Lipinski definition) is 3. The van der Waals surface area contributed by atoms with E-state index in [0.29, 0.717) is 17.8 Å². The summed E-state index contributed by atoms with van der Waals surface area (Å²) in [5, 5.41) is 14.2. The van der Waals surface area contributed by atoms with E-state index >= 15 is 0 Å². The summed E-state index contributed by atoms with van der Waals surface area (Å²) >= 11 is 0. The Morgan fingerprint density at radius 1 is 1.29 bits per heavy atom. The number of carboxylic acid groups (broad SMARTS) is 1. The lowest BCUT2D eigenvalue weighted by Gasteiger charge is -2.40. The van der Waals surface area contributed by atoms with Crippen molar-refractivity contribution in [2.75, 3.05) is 19.0 Å².